The van der Waals surface area contributed by atoms with Gasteiger partial charge in [0.1, 0.15) is 0 Å². The second kappa shape index (κ2) is 5.92. The average Bonchev–Trinajstić information content (AvgIpc) is 2.39. The summed E-state index contributed by atoms with van der Waals surface area (Å²) in [6.45, 7) is 6.18. The Morgan fingerprint density at radius 2 is 1.69 bits per heavy atom. The average molecular weight is 242 g/mol. The molecule has 1 atom stereocenters. The number of nitrogens with zero attached hydrogens (tertiary/aromatic N) is 2. The van der Waals surface area contributed by atoms with Crippen molar-refractivity contribution in [1.82, 2.24) is 9.80 Å². The van der Waals surface area contributed by atoms with E-state index in [2.05, 4.69) is 16.7 Å². The van der Waals surface area contributed by atoms with Crippen molar-refractivity contribution in [2.24, 2.45) is 0 Å². The predicted octanol–water partition coefficient (Wildman–Crippen LogP) is 1.44. The number of rotatable bonds is 2. The third-order valence-corrected chi connectivity index (χ3v) is 4.56. The van der Waals surface area contributed by atoms with Crippen LogP contribution in [0.1, 0.15) is 26.2 Å². The summed E-state index contributed by atoms with van der Waals surface area (Å²) >= 11 is 2.00. The van der Waals surface area contributed by atoms with Crippen LogP contribution in [0.3, 0.4) is 0 Å². The minimum Gasteiger partial charge on any atom is -0.341 e. The van der Waals surface area contributed by atoms with Crippen LogP contribution in [0.2, 0.25) is 0 Å². The van der Waals surface area contributed by atoms with Gasteiger partial charge >= 0.3 is 0 Å². The Balaban J connectivity index is 1.86. The van der Waals surface area contributed by atoms with Gasteiger partial charge in [-0.05, 0) is 26.2 Å². The van der Waals surface area contributed by atoms with E-state index >= 15 is 0 Å². The number of thioether (sulfide) groups is 1. The molecule has 0 aromatic rings. The Kier molecular flexibility index (Phi) is 4.53. The molecule has 0 aromatic heterocycles. The van der Waals surface area contributed by atoms with Crippen LogP contribution in [-0.2, 0) is 4.79 Å². The molecular weight excluding hydrogens is 220 g/mol. The molecule has 4 heteroatoms. The van der Waals surface area contributed by atoms with Crippen molar-refractivity contribution in [3.8, 4) is 0 Å². The zero-order chi connectivity index (χ0) is 11.4. The van der Waals surface area contributed by atoms with Crippen molar-refractivity contribution in [3.63, 3.8) is 0 Å². The lowest BCUT2D eigenvalue weighted by molar-refractivity contribution is -0.137. The first-order valence-corrected chi connectivity index (χ1v) is 7.55. The van der Waals surface area contributed by atoms with Crippen molar-refractivity contribution in [2.45, 2.75) is 32.2 Å². The number of amides is 1. The Morgan fingerprint density at radius 3 is 2.31 bits per heavy atom. The topological polar surface area (TPSA) is 23.6 Å². The summed E-state index contributed by atoms with van der Waals surface area (Å²) in [5, 5.41) is 0. The van der Waals surface area contributed by atoms with E-state index in [-0.39, 0.29) is 6.04 Å². The molecule has 3 nitrogen and oxygen atoms in total. The van der Waals surface area contributed by atoms with Gasteiger partial charge in [-0.3, -0.25) is 9.69 Å². The Morgan fingerprint density at radius 1 is 1.06 bits per heavy atom. The third kappa shape index (κ3) is 2.92. The quantitative estimate of drug-likeness (QED) is 0.732. The molecule has 1 amide bonds. The molecule has 2 aliphatic rings. The highest BCUT2D eigenvalue weighted by Gasteiger charge is 2.27. The van der Waals surface area contributed by atoms with Crippen LogP contribution in [0.4, 0.5) is 0 Å². The fraction of sp³-hybridized carbons (Fsp3) is 0.917. The predicted molar refractivity (Wildman–Crippen MR) is 68.8 cm³/mol. The number of hydrogen-bond donors (Lipinski definition) is 0. The summed E-state index contributed by atoms with van der Waals surface area (Å²) in [5.41, 5.74) is 0. The van der Waals surface area contributed by atoms with Gasteiger partial charge in [-0.15, -0.1) is 0 Å². The molecule has 2 saturated heterocycles. The summed E-state index contributed by atoms with van der Waals surface area (Å²) in [5.74, 6) is 2.71. The number of piperidine rings is 1. The van der Waals surface area contributed by atoms with Gasteiger partial charge in [0, 0.05) is 37.7 Å². The SMILES string of the molecule is C[C@H](C(=O)N1CCCCC1)N1CCSCC1. The van der Waals surface area contributed by atoms with Crippen LogP contribution >= 0.6 is 11.8 Å². The van der Waals surface area contributed by atoms with Gasteiger partial charge in [-0.25, -0.2) is 0 Å². The number of likely N-dealkylation sites (tertiary alicyclic amines) is 1. The second-order valence-electron chi connectivity index (χ2n) is 4.71. The minimum absolute atomic E-state index is 0.0963. The van der Waals surface area contributed by atoms with Crippen LogP contribution < -0.4 is 0 Å². The molecule has 0 spiro atoms. The van der Waals surface area contributed by atoms with E-state index in [1.165, 1.54) is 30.8 Å². The van der Waals surface area contributed by atoms with Crippen LogP contribution in [0.5, 0.6) is 0 Å². The fourth-order valence-electron chi connectivity index (χ4n) is 2.50. The van der Waals surface area contributed by atoms with Gasteiger partial charge in [-0.2, -0.15) is 11.8 Å². The lowest BCUT2D eigenvalue weighted by Crippen LogP contribution is -2.50. The van der Waals surface area contributed by atoms with Gasteiger partial charge in [0.15, 0.2) is 0 Å². The molecule has 0 unspecified atom stereocenters. The van der Waals surface area contributed by atoms with E-state index in [4.69, 9.17) is 0 Å². The summed E-state index contributed by atoms with van der Waals surface area (Å²) in [4.78, 5) is 16.7. The molecule has 0 saturated carbocycles. The van der Waals surface area contributed by atoms with Crippen LogP contribution in [-0.4, -0.2) is 59.4 Å². The van der Waals surface area contributed by atoms with Crippen molar-refractivity contribution in [3.05, 3.63) is 0 Å². The van der Waals surface area contributed by atoms with Crippen LogP contribution in [0.25, 0.3) is 0 Å². The van der Waals surface area contributed by atoms with Crippen LogP contribution in [0, 0.1) is 0 Å². The molecule has 0 aromatic carbocycles. The first-order valence-electron chi connectivity index (χ1n) is 6.39. The minimum atomic E-state index is 0.0963. The van der Waals surface area contributed by atoms with Crippen molar-refractivity contribution >= 4 is 17.7 Å². The maximum absolute atomic E-state index is 12.3. The van der Waals surface area contributed by atoms with E-state index in [9.17, 15) is 4.79 Å². The number of carbonyl (C=O) groups excluding carboxylic acids is 1. The maximum atomic E-state index is 12.3. The van der Waals surface area contributed by atoms with Gasteiger partial charge < -0.3 is 4.90 Å². The smallest absolute Gasteiger partial charge is 0.239 e. The van der Waals surface area contributed by atoms with Crippen molar-refractivity contribution in [2.75, 3.05) is 37.7 Å². The highest BCUT2D eigenvalue weighted by Crippen LogP contribution is 2.16. The standard InChI is InChI=1S/C12H22N2OS/c1-11(13-7-9-16-10-8-13)12(15)14-5-3-2-4-6-14/h11H,2-10H2,1H3/t11-/m1/s1. The molecular formula is C12H22N2OS. The van der Waals surface area contributed by atoms with E-state index in [0.717, 1.165) is 26.2 Å². The highest BCUT2D eigenvalue weighted by atomic mass is 32.2. The summed E-state index contributed by atoms with van der Waals surface area (Å²) in [6, 6.07) is 0.0963. The lowest BCUT2D eigenvalue weighted by Gasteiger charge is -2.36. The van der Waals surface area contributed by atoms with E-state index in [0.29, 0.717) is 5.91 Å². The third-order valence-electron chi connectivity index (χ3n) is 3.62. The summed E-state index contributed by atoms with van der Waals surface area (Å²) in [7, 11) is 0. The van der Waals surface area contributed by atoms with Crippen molar-refractivity contribution < 1.29 is 4.79 Å². The number of carbonyl (C=O) groups is 1. The van der Waals surface area contributed by atoms with Gasteiger partial charge in [0.05, 0.1) is 6.04 Å². The Bertz CT molecular complexity index is 235. The molecule has 0 aliphatic carbocycles. The molecule has 16 heavy (non-hydrogen) atoms. The summed E-state index contributed by atoms with van der Waals surface area (Å²) in [6.07, 6.45) is 3.67. The second-order valence-corrected chi connectivity index (χ2v) is 5.94. The van der Waals surface area contributed by atoms with E-state index in [1.807, 2.05) is 11.8 Å². The van der Waals surface area contributed by atoms with E-state index < -0.39 is 0 Å². The zero-order valence-electron chi connectivity index (χ0n) is 10.2. The van der Waals surface area contributed by atoms with Gasteiger partial charge in [-0.1, -0.05) is 0 Å². The summed E-state index contributed by atoms with van der Waals surface area (Å²) < 4.78 is 0. The van der Waals surface area contributed by atoms with Gasteiger partial charge in [0.2, 0.25) is 5.91 Å². The maximum Gasteiger partial charge on any atom is 0.239 e. The fourth-order valence-corrected chi connectivity index (χ4v) is 3.43. The lowest BCUT2D eigenvalue weighted by atomic mass is 10.1. The molecule has 2 heterocycles. The molecule has 0 radical (unpaired) electrons. The molecule has 0 bridgehead atoms. The first-order chi connectivity index (χ1) is 7.79. The Hall–Kier alpha value is -0.220. The molecule has 2 fully saturated rings. The molecule has 92 valence electrons. The monoisotopic (exact) mass is 242 g/mol. The Labute approximate surface area is 103 Å². The molecule has 2 rings (SSSR count). The largest absolute Gasteiger partial charge is 0.341 e. The highest BCUT2D eigenvalue weighted by molar-refractivity contribution is 7.99. The van der Waals surface area contributed by atoms with Crippen molar-refractivity contribution in [1.29, 1.82) is 0 Å². The number of hydrogen-bond acceptors (Lipinski definition) is 3. The molecule has 2 aliphatic heterocycles. The molecule has 0 N–H and O–H groups in total. The van der Waals surface area contributed by atoms with Crippen LogP contribution in [0.15, 0.2) is 0 Å². The van der Waals surface area contributed by atoms with Gasteiger partial charge in [0.25, 0.3) is 0 Å². The van der Waals surface area contributed by atoms with E-state index in [1.54, 1.807) is 0 Å². The zero-order valence-corrected chi connectivity index (χ0v) is 11.0. The first kappa shape index (κ1) is 12.2. The normalized spacial score (nSPS) is 25.4.